The van der Waals surface area contributed by atoms with Crippen LogP contribution in [0.2, 0.25) is 0 Å². The van der Waals surface area contributed by atoms with Gasteiger partial charge in [-0.15, -0.1) is 0 Å². The number of hydrogen-bond donors (Lipinski definition) is 1. The molecular weight excluding hydrogens is 296 g/mol. The number of halogens is 3. The molecule has 112 valence electrons. The van der Waals surface area contributed by atoms with Crippen LogP contribution in [0, 0.1) is 0 Å². The molecule has 0 heterocycles. The van der Waals surface area contributed by atoms with E-state index < -0.39 is 6.43 Å². The summed E-state index contributed by atoms with van der Waals surface area (Å²) >= 11 is 5.62. The Hall–Kier alpha value is -2.01. The first-order valence-electron chi connectivity index (χ1n) is 6.11. The SMILES string of the molecule is C=C(Cl)N=C(C)C(=CN)C(C)=Nc1cccc(C(F)F)c1. The second kappa shape index (κ2) is 7.69. The lowest BCUT2D eigenvalue weighted by atomic mass is 10.1. The lowest BCUT2D eigenvalue weighted by Crippen LogP contribution is -2.09. The highest BCUT2D eigenvalue weighted by Crippen LogP contribution is 2.24. The third-order valence-corrected chi connectivity index (χ3v) is 2.74. The molecule has 6 heteroatoms. The van der Waals surface area contributed by atoms with Crippen molar-refractivity contribution in [1.82, 2.24) is 0 Å². The van der Waals surface area contributed by atoms with Crippen LogP contribution in [-0.2, 0) is 0 Å². The van der Waals surface area contributed by atoms with E-state index >= 15 is 0 Å². The lowest BCUT2D eigenvalue weighted by Gasteiger charge is -2.07. The van der Waals surface area contributed by atoms with Crippen LogP contribution in [0.1, 0.15) is 25.8 Å². The number of hydrogen-bond acceptors (Lipinski definition) is 3. The van der Waals surface area contributed by atoms with Crippen molar-refractivity contribution in [3.05, 3.63) is 53.3 Å². The Morgan fingerprint density at radius 3 is 2.52 bits per heavy atom. The van der Waals surface area contributed by atoms with E-state index in [0.29, 0.717) is 22.7 Å². The zero-order valence-corrected chi connectivity index (χ0v) is 12.5. The summed E-state index contributed by atoms with van der Waals surface area (Å²) in [4.78, 5) is 8.28. The molecule has 1 aromatic rings. The average Bonchev–Trinajstić information content (AvgIpc) is 2.38. The fourth-order valence-corrected chi connectivity index (χ4v) is 1.86. The molecule has 1 aromatic carbocycles. The Morgan fingerprint density at radius 1 is 1.33 bits per heavy atom. The first-order chi connectivity index (χ1) is 9.85. The highest BCUT2D eigenvalue weighted by Gasteiger charge is 2.09. The van der Waals surface area contributed by atoms with Crippen molar-refractivity contribution >= 4 is 28.7 Å². The fourth-order valence-electron chi connectivity index (χ4n) is 1.73. The molecule has 0 aliphatic carbocycles. The van der Waals surface area contributed by atoms with Gasteiger partial charge in [-0.2, -0.15) is 0 Å². The van der Waals surface area contributed by atoms with Crippen molar-refractivity contribution in [3.8, 4) is 0 Å². The molecule has 0 amide bonds. The highest BCUT2D eigenvalue weighted by atomic mass is 35.5. The van der Waals surface area contributed by atoms with Gasteiger partial charge < -0.3 is 5.73 Å². The minimum absolute atomic E-state index is 0.0816. The topological polar surface area (TPSA) is 50.7 Å². The van der Waals surface area contributed by atoms with Gasteiger partial charge in [-0.3, -0.25) is 4.99 Å². The van der Waals surface area contributed by atoms with Gasteiger partial charge >= 0.3 is 0 Å². The number of nitrogens with two attached hydrogens (primary N) is 1. The molecule has 0 aliphatic rings. The van der Waals surface area contributed by atoms with Crippen LogP contribution < -0.4 is 5.73 Å². The third-order valence-electron chi connectivity index (χ3n) is 2.65. The van der Waals surface area contributed by atoms with Gasteiger partial charge in [0.2, 0.25) is 0 Å². The van der Waals surface area contributed by atoms with E-state index in [1.54, 1.807) is 19.9 Å². The molecular formula is C15H16ClF2N3. The van der Waals surface area contributed by atoms with Crippen molar-refractivity contribution in [2.24, 2.45) is 15.7 Å². The van der Waals surface area contributed by atoms with Crippen molar-refractivity contribution in [2.75, 3.05) is 0 Å². The van der Waals surface area contributed by atoms with Crippen LogP contribution in [0.25, 0.3) is 0 Å². The number of alkyl halides is 2. The van der Waals surface area contributed by atoms with E-state index in [2.05, 4.69) is 16.6 Å². The summed E-state index contributed by atoms with van der Waals surface area (Å²) in [5.41, 5.74) is 7.56. The molecule has 0 radical (unpaired) electrons. The standard InChI is InChI=1S/C15H16ClF2N3/c1-9(20-11(3)16)14(8-19)10(2)21-13-6-4-5-12(7-13)15(17)18/h4-8,15H,3,19H2,1-2H3. The zero-order valence-electron chi connectivity index (χ0n) is 11.8. The van der Waals surface area contributed by atoms with Crippen LogP contribution in [0.5, 0.6) is 0 Å². The average molecular weight is 312 g/mol. The minimum atomic E-state index is -2.53. The predicted molar refractivity (Wildman–Crippen MR) is 84.5 cm³/mol. The summed E-state index contributed by atoms with van der Waals surface area (Å²) < 4.78 is 25.3. The summed E-state index contributed by atoms with van der Waals surface area (Å²) in [6.45, 7) is 6.89. The molecule has 0 aromatic heterocycles. The van der Waals surface area contributed by atoms with Crippen LogP contribution in [0.15, 0.2) is 57.8 Å². The second-order valence-corrected chi connectivity index (χ2v) is 4.68. The quantitative estimate of drug-likeness (QED) is 0.620. The normalized spacial score (nSPS) is 13.7. The summed E-state index contributed by atoms with van der Waals surface area (Å²) in [5.74, 6) is 0. The fraction of sp³-hybridized carbons (Fsp3) is 0.200. The molecule has 0 fully saturated rings. The molecule has 0 aliphatic heterocycles. The van der Waals surface area contributed by atoms with Crippen molar-refractivity contribution in [3.63, 3.8) is 0 Å². The number of nitrogens with zero attached hydrogens (tertiary/aromatic N) is 2. The Bertz CT molecular complexity index is 619. The smallest absolute Gasteiger partial charge is 0.263 e. The van der Waals surface area contributed by atoms with Crippen molar-refractivity contribution in [2.45, 2.75) is 20.3 Å². The van der Waals surface area contributed by atoms with Gasteiger partial charge in [0.25, 0.3) is 6.43 Å². The first-order valence-corrected chi connectivity index (χ1v) is 6.48. The summed E-state index contributed by atoms with van der Waals surface area (Å²) in [5, 5.41) is 0.124. The Morgan fingerprint density at radius 2 is 2.00 bits per heavy atom. The Kier molecular flexibility index (Phi) is 6.24. The van der Waals surface area contributed by atoms with Gasteiger partial charge in [-0.05, 0) is 26.0 Å². The van der Waals surface area contributed by atoms with E-state index in [4.69, 9.17) is 17.3 Å². The van der Waals surface area contributed by atoms with Gasteiger partial charge in [-0.1, -0.05) is 30.3 Å². The lowest BCUT2D eigenvalue weighted by molar-refractivity contribution is 0.151. The highest BCUT2D eigenvalue weighted by molar-refractivity contribution is 6.31. The Balaban J connectivity index is 3.13. The number of benzene rings is 1. The predicted octanol–water partition coefficient (Wildman–Crippen LogP) is 4.73. The van der Waals surface area contributed by atoms with Crippen LogP contribution in [-0.4, -0.2) is 11.4 Å². The molecule has 0 saturated heterocycles. The van der Waals surface area contributed by atoms with E-state index in [1.807, 2.05) is 0 Å². The van der Waals surface area contributed by atoms with Gasteiger partial charge in [0.15, 0.2) is 0 Å². The van der Waals surface area contributed by atoms with Gasteiger partial charge in [-0.25, -0.2) is 13.8 Å². The Labute approximate surface area is 127 Å². The van der Waals surface area contributed by atoms with Gasteiger partial charge in [0.05, 0.1) is 5.69 Å². The molecule has 0 spiro atoms. The zero-order chi connectivity index (χ0) is 16.0. The molecule has 0 unspecified atom stereocenters. The summed E-state index contributed by atoms with van der Waals surface area (Å²) in [6.07, 6.45) is -1.19. The summed E-state index contributed by atoms with van der Waals surface area (Å²) in [7, 11) is 0. The maximum atomic E-state index is 12.7. The van der Waals surface area contributed by atoms with E-state index in [1.165, 1.54) is 24.4 Å². The van der Waals surface area contributed by atoms with Crippen LogP contribution >= 0.6 is 11.6 Å². The third kappa shape index (κ3) is 5.11. The molecule has 0 atom stereocenters. The van der Waals surface area contributed by atoms with Crippen LogP contribution in [0.4, 0.5) is 14.5 Å². The number of rotatable bonds is 5. The van der Waals surface area contributed by atoms with E-state index in [9.17, 15) is 8.78 Å². The minimum Gasteiger partial charge on any atom is -0.404 e. The van der Waals surface area contributed by atoms with Crippen molar-refractivity contribution < 1.29 is 8.78 Å². The van der Waals surface area contributed by atoms with E-state index in [-0.39, 0.29) is 10.7 Å². The largest absolute Gasteiger partial charge is 0.404 e. The van der Waals surface area contributed by atoms with Gasteiger partial charge in [0.1, 0.15) is 5.16 Å². The van der Waals surface area contributed by atoms with Gasteiger partial charge in [0, 0.05) is 28.8 Å². The molecule has 2 N–H and O–H groups in total. The molecule has 1 rings (SSSR count). The second-order valence-electron chi connectivity index (χ2n) is 4.25. The van der Waals surface area contributed by atoms with E-state index in [0.717, 1.165) is 0 Å². The van der Waals surface area contributed by atoms with Crippen molar-refractivity contribution in [1.29, 1.82) is 0 Å². The molecule has 0 bridgehead atoms. The maximum absolute atomic E-state index is 12.7. The number of allylic oxidation sites excluding steroid dienone is 1. The molecule has 3 nitrogen and oxygen atoms in total. The monoisotopic (exact) mass is 311 g/mol. The van der Waals surface area contributed by atoms with Crippen LogP contribution in [0.3, 0.4) is 0 Å². The molecule has 0 saturated carbocycles. The number of aliphatic imine (C=N–C) groups is 2. The molecule has 21 heavy (non-hydrogen) atoms. The maximum Gasteiger partial charge on any atom is 0.263 e. The first kappa shape index (κ1) is 17.0. The summed E-state index contributed by atoms with van der Waals surface area (Å²) in [6, 6.07) is 5.84.